The predicted octanol–water partition coefficient (Wildman–Crippen LogP) is 3.98. The van der Waals surface area contributed by atoms with E-state index in [2.05, 4.69) is 15.6 Å². The molecule has 1 saturated carbocycles. The molecule has 0 radical (unpaired) electrons. The SMILES string of the molecule is CO.COCC1(NC(=O)c2cccc(CNC(=O)c3ccc(-c4ccncc4)cc3)c2)CCCC1. The maximum atomic E-state index is 12.9. The van der Waals surface area contributed by atoms with Crippen molar-refractivity contribution in [1.29, 1.82) is 0 Å². The third-order valence-corrected chi connectivity index (χ3v) is 6.16. The van der Waals surface area contributed by atoms with Gasteiger partial charge in [-0.1, -0.05) is 37.1 Å². The van der Waals surface area contributed by atoms with Crippen LogP contribution in [0.2, 0.25) is 0 Å². The lowest BCUT2D eigenvalue weighted by Gasteiger charge is -2.29. The average Bonchev–Trinajstić information content (AvgIpc) is 3.37. The molecule has 1 heterocycles. The number of nitrogens with one attached hydrogen (secondary N) is 2. The van der Waals surface area contributed by atoms with Crippen LogP contribution < -0.4 is 10.6 Å². The molecule has 3 aromatic rings. The molecule has 0 aliphatic heterocycles. The molecule has 3 N–H and O–H groups in total. The average molecular weight is 476 g/mol. The van der Waals surface area contributed by atoms with Gasteiger partial charge in [-0.2, -0.15) is 0 Å². The molecule has 1 aliphatic rings. The first kappa shape index (κ1) is 26.1. The third kappa shape index (κ3) is 6.97. The number of benzene rings is 2. The number of nitrogens with zero attached hydrogens (tertiary/aromatic N) is 1. The lowest BCUT2D eigenvalue weighted by atomic mass is 9.98. The molecule has 0 spiro atoms. The topological polar surface area (TPSA) is 101 Å². The Labute approximate surface area is 206 Å². The number of methoxy groups -OCH3 is 1. The molecule has 1 aliphatic carbocycles. The number of carbonyl (C=O) groups excluding carboxylic acids is 2. The predicted molar refractivity (Wildman–Crippen MR) is 136 cm³/mol. The van der Waals surface area contributed by atoms with Crippen molar-refractivity contribution in [2.75, 3.05) is 20.8 Å². The molecule has 0 unspecified atom stereocenters. The third-order valence-electron chi connectivity index (χ3n) is 6.16. The van der Waals surface area contributed by atoms with Crippen molar-refractivity contribution in [3.05, 3.63) is 89.7 Å². The van der Waals surface area contributed by atoms with Crippen LogP contribution in [-0.4, -0.2) is 48.3 Å². The highest BCUT2D eigenvalue weighted by Crippen LogP contribution is 2.30. The largest absolute Gasteiger partial charge is 0.400 e. The molecule has 35 heavy (non-hydrogen) atoms. The second-order valence-electron chi connectivity index (χ2n) is 8.57. The minimum absolute atomic E-state index is 0.103. The van der Waals surface area contributed by atoms with Gasteiger partial charge in [-0.25, -0.2) is 0 Å². The first-order valence-electron chi connectivity index (χ1n) is 11.7. The van der Waals surface area contributed by atoms with Crippen LogP contribution in [-0.2, 0) is 11.3 Å². The molecule has 7 nitrogen and oxygen atoms in total. The van der Waals surface area contributed by atoms with E-state index in [-0.39, 0.29) is 17.4 Å². The Morgan fingerprint density at radius 1 is 0.914 bits per heavy atom. The molecular weight excluding hydrogens is 442 g/mol. The highest BCUT2D eigenvalue weighted by molar-refractivity contribution is 5.95. The molecule has 4 rings (SSSR count). The normalized spacial score (nSPS) is 13.9. The fraction of sp³-hybridized carbons (Fsp3) is 0.321. The van der Waals surface area contributed by atoms with Gasteiger partial charge < -0.3 is 20.5 Å². The molecule has 1 fully saturated rings. The fourth-order valence-electron chi connectivity index (χ4n) is 4.41. The van der Waals surface area contributed by atoms with Crippen molar-refractivity contribution in [2.24, 2.45) is 0 Å². The van der Waals surface area contributed by atoms with Crippen LogP contribution in [0.15, 0.2) is 73.1 Å². The van der Waals surface area contributed by atoms with E-state index >= 15 is 0 Å². The molecule has 1 aromatic heterocycles. The summed E-state index contributed by atoms with van der Waals surface area (Å²) in [7, 11) is 2.67. The smallest absolute Gasteiger partial charge is 0.251 e. The Morgan fingerprint density at radius 3 is 2.23 bits per heavy atom. The second-order valence-corrected chi connectivity index (χ2v) is 8.57. The van der Waals surface area contributed by atoms with Gasteiger partial charge in [0, 0.05) is 44.3 Å². The van der Waals surface area contributed by atoms with Gasteiger partial charge in [0.2, 0.25) is 0 Å². The monoisotopic (exact) mass is 475 g/mol. The van der Waals surface area contributed by atoms with E-state index in [9.17, 15) is 9.59 Å². The summed E-state index contributed by atoms with van der Waals surface area (Å²) in [6, 6.07) is 18.7. The van der Waals surface area contributed by atoms with Gasteiger partial charge >= 0.3 is 0 Å². The van der Waals surface area contributed by atoms with Crippen LogP contribution in [0.1, 0.15) is 52.0 Å². The maximum Gasteiger partial charge on any atom is 0.251 e. The summed E-state index contributed by atoms with van der Waals surface area (Å²) in [4.78, 5) is 29.5. The Balaban J connectivity index is 0.00000167. The maximum absolute atomic E-state index is 12.9. The number of aliphatic hydroxyl groups excluding tert-OH is 1. The number of aromatic nitrogens is 1. The molecule has 7 heteroatoms. The van der Waals surface area contributed by atoms with Crippen LogP contribution in [0.4, 0.5) is 0 Å². The van der Waals surface area contributed by atoms with Crippen LogP contribution in [0.25, 0.3) is 11.1 Å². The van der Waals surface area contributed by atoms with Crippen molar-refractivity contribution in [1.82, 2.24) is 15.6 Å². The number of carbonyl (C=O) groups is 2. The first-order chi connectivity index (χ1) is 17.1. The fourth-order valence-corrected chi connectivity index (χ4v) is 4.41. The summed E-state index contributed by atoms with van der Waals surface area (Å²) < 4.78 is 5.36. The Kier molecular flexibility index (Phi) is 9.52. The Bertz CT molecular complexity index is 1090. The minimum atomic E-state index is -0.279. The summed E-state index contributed by atoms with van der Waals surface area (Å²) in [5.74, 6) is -0.259. The van der Waals surface area contributed by atoms with Gasteiger partial charge in [-0.15, -0.1) is 0 Å². The summed E-state index contributed by atoms with van der Waals surface area (Å²) >= 11 is 0. The Morgan fingerprint density at radius 2 is 1.57 bits per heavy atom. The molecule has 0 saturated heterocycles. The van der Waals surface area contributed by atoms with Crippen LogP contribution in [0.3, 0.4) is 0 Å². The summed E-state index contributed by atoms with van der Waals surface area (Å²) in [5, 5.41) is 13.1. The number of pyridine rings is 1. The molecule has 0 bridgehead atoms. The van der Waals surface area contributed by atoms with Gasteiger partial charge in [0.25, 0.3) is 11.8 Å². The van der Waals surface area contributed by atoms with Gasteiger partial charge in [0.05, 0.1) is 12.1 Å². The highest BCUT2D eigenvalue weighted by Gasteiger charge is 2.35. The number of aliphatic hydroxyl groups is 1. The molecule has 2 amide bonds. The van der Waals surface area contributed by atoms with Crippen molar-refractivity contribution < 1.29 is 19.4 Å². The van der Waals surface area contributed by atoms with Gasteiger partial charge in [-0.3, -0.25) is 14.6 Å². The number of hydrogen-bond acceptors (Lipinski definition) is 5. The lowest BCUT2D eigenvalue weighted by molar-refractivity contribution is 0.0767. The van der Waals surface area contributed by atoms with E-state index in [4.69, 9.17) is 9.84 Å². The zero-order chi connectivity index (χ0) is 25.1. The lowest BCUT2D eigenvalue weighted by Crippen LogP contribution is -2.49. The molecule has 2 aromatic carbocycles. The van der Waals surface area contributed by atoms with Crippen molar-refractivity contribution in [3.63, 3.8) is 0 Å². The van der Waals surface area contributed by atoms with E-state index in [1.807, 2.05) is 54.6 Å². The van der Waals surface area contributed by atoms with E-state index in [1.54, 1.807) is 25.6 Å². The van der Waals surface area contributed by atoms with Crippen LogP contribution in [0.5, 0.6) is 0 Å². The van der Waals surface area contributed by atoms with Crippen molar-refractivity contribution in [2.45, 2.75) is 37.8 Å². The summed E-state index contributed by atoms with van der Waals surface area (Å²) in [5.41, 5.74) is 3.85. The van der Waals surface area contributed by atoms with Crippen molar-refractivity contribution >= 4 is 11.8 Å². The van der Waals surface area contributed by atoms with Crippen LogP contribution >= 0.6 is 0 Å². The summed E-state index contributed by atoms with van der Waals surface area (Å²) in [6.07, 6.45) is 7.55. The zero-order valence-corrected chi connectivity index (χ0v) is 20.3. The van der Waals surface area contributed by atoms with E-state index in [1.165, 1.54) is 0 Å². The van der Waals surface area contributed by atoms with E-state index in [0.29, 0.717) is 24.3 Å². The second kappa shape index (κ2) is 12.8. The standard InChI is InChI=1S/C27H29N3O3.CH4O/c1-33-19-27(13-2-3-14-27)30-26(32)24-6-4-5-20(17-24)18-29-25(31)23-9-7-21(8-10-23)22-11-15-28-16-12-22;1-2/h4-12,15-17H,2-3,13-14,18-19H2,1H3,(H,29,31)(H,30,32);2H,1H3. The molecular formula is C28H33N3O4. The number of amides is 2. The summed E-state index contributed by atoms with van der Waals surface area (Å²) in [6.45, 7) is 0.865. The van der Waals surface area contributed by atoms with Gasteiger partial charge in [0.15, 0.2) is 0 Å². The van der Waals surface area contributed by atoms with Crippen LogP contribution in [0, 0.1) is 0 Å². The zero-order valence-electron chi connectivity index (χ0n) is 20.3. The van der Waals surface area contributed by atoms with E-state index in [0.717, 1.165) is 49.5 Å². The van der Waals surface area contributed by atoms with Gasteiger partial charge in [0.1, 0.15) is 0 Å². The number of rotatable bonds is 8. The quantitative estimate of drug-likeness (QED) is 0.458. The number of ether oxygens (including phenoxy) is 1. The number of hydrogen-bond donors (Lipinski definition) is 3. The molecule has 184 valence electrons. The minimum Gasteiger partial charge on any atom is -0.400 e. The first-order valence-corrected chi connectivity index (χ1v) is 11.7. The molecule has 0 atom stereocenters. The Hall–Kier alpha value is -3.55. The van der Waals surface area contributed by atoms with Crippen molar-refractivity contribution in [3.8, 4) is 11.1 Å². The highest BCUT2D eigenvalue weighted by atomic mass is 16.5. The van der Waals surface area contributed by atoms with E-state index < -0.39 is 0 Å². The van der Waals surface area contributed by atoms with Gasteiger partial charge in [-0.05, 0) is 65.9 Å².